The highest BCUT2D eigenvalue weighted by Gasteiger charge is 2.52. The summed E-state index contributed by atoms with van der Waals surface area (Å²) >= 11 is 0. The van der Waals surface area contributed by atoms with E-state index in [1.54, 1.807) is 25.3 Å². The zero-order chi connectivity index (χ0) is 17.2. The normalized spacial score (nSPS) is 29.7. The van der Waals surface area contributed by atoms with E-state index < -0.39 is 11.5 Å². The predicted molar refractivity (Wildman–Crippen MR) is 86.6 cm³/mol. The monoisotopic (exact) mass is 328 g/mol. The Morgan fingerprint density at radius 1 is 1.46 bits per heavy atom. The maximum atomic E-state index is 12.4. The van der Waals surface area contributed by atoms with Crippen LogP contribution < -0.4 is 11.3 Å². The number of H-pyrrole nitrogens is 1. The minimum atomic E-state index is -0.966. The van der Waals surface area contributed by atoms with Crippen LogP contribution in [-0.2, 0) is 9.59 Å². The molecule has 2 heterocycles. The summed E-state index contributed by atoms with van der Waals surface area (Å²) < 4.78 is 5.58. The molecule has 0 bridgehead atoms. The molecule has 7 heteroatoms. The molecule has 0 aliphatic heterocycles. The number of hydrazine groups is 1. The summed E-state index contributed by atoms with van der Waals surface area (Å²) in [5, 5.41) is 0. The summed E-state index contributed by atoms with van der Waals surface area (Å²) in [6.45, 7) is 1.79. The van der Waals surface area contributed by atoms with E-state index >= 15 is 0 Å². The first-order valence-corrected chi connectivity index (χ1v) is 7.86. The predicted octanol–water partition coefficient (Wildman–Crippen LogP) is 1.97. The molecule has 2 aromatic heterocycles. The summed E-state index contributed by atoms with van der Waals surface area (Å²) in [5.41, 5.74) is 2.28. The van der Waals surface area contributed by atoms with E-state index in [0.717, 1.165) is 5.69 Å². The Bertz CT molecular complexity index is 734. The maximum absolute atomic E-state index is 12.4. The zero-order valence-corrected chi connectivity index (χ0v) is 13.4. The van der Waals surface area contributed by atoms with Gasteiger partial charge in [-0.2, -0.15) is 4.99 Å². The van der Waals surface area contributed by atoms with Gasteiger partial charge in [0.25, 0.3) is 0 Å². The fraction of sp³-hybridized carbons (Fsp3) is 0.412. The van der Waals surface area contributed by atoms with Crippen molar-refractivity contribution in [2.24, 2.45) is 16.8 Å². The number of hydrogen-bond donors (Lipinski definition) is 3. The molecular formula is C17H20N4O3. The van der Waals surface area contributed by atoms with E-state index in [-0.39, 0.29) is 17.7 Å². The maximum Gasteiger partial charge on any atom is 0.239 e. The van der Waals surface area contributed by atoms with Gasteiger partial charge in [-0.3, -0.25) is 10.2 Å². The van der Waals surface area contributed by atoms with E-state index in [1.165, 1.54) is 0 Å². The largest absolute Gasteiger partial charge is 0.469 e. The number of aromatic amines is 1. The lowest BCUT2D eigenvalue weighted by Crippen LogP contribution is -2.52. The molecule has 1 aliphatic rings. The molecule has 4 atom stereocenters. The van der Waals surface area contributed by atoms with Gasteiger partial charge >= 0.3 is 0 Å². The third kappa shape index (κ3) is 2.68. The van der Waals surface area contributed by atoms with Crippen LogP contribution in [0.5, 0.6) is 0 Å². The van der Waals surface area contributed by atoms with Crippen LogP contribution >= 0.6 is 0 Å². The van der Waals surface area contributed by atoms with Crippen LogP contribution in [-0.4, -0.2) is 22.5 Å². The molecule has 24 heavy (non-hydrogen) atoms. The summed E-state index contributed by atoms with van der Waals surface area (Å²) in [5.74, 6) is 5.03. The van der Waals surface area contributed by atoms with Crippen molar-refractivity contribution in [1.29, 1.82) is 0 Å². The van der Waals surface area contributed by atoms with Gasteiger partial charge in [0.15, 0.2) is 0 Å². The van der Waals surface area contributed by atoms with Gasteiger partial charge in [0, 0.05) is 23.7 Å². The summed E-state index contributed by atoms with van der Waals surface area (Å²) in [6, 6.07) is 7.55. The molecule has 0 radical (unpaired) electrons. The highest BCUT2D eigenvalue weighted by Crippen LogP contribution is 2.51. The molecule has 3 rings (SSSR count). The molecule has 0 spiro atoms. The van der Waals surface area contributed by atoms with Crippen molar-refractivity contribution in [1.82, 2.24) is 10.4 Å². The first-order chi connectivity index (χ1) is 11.6. The number of amides is 1. The van der Waals surface area contributed by atoms with Crippen LogP contribution in [0.4, 0.5) is 0 Å². The molecule has 1 aliphatic carbocycles. The number of aliphatic imine (C=N–C) groups is 1. The van der Waals surface area contributed by atoms with Crippen molar-refractivity contribution in [3.63, 3.8) is 0 Å². The Morgan fingerprint density at radius 3 is 2.88 bits per heavy atom. The molecule has 0 aromatic carbocycles. The molecule has 2 aromatic rings. The van der Waals surface area contributed by atoms with Crippen molar-refractivity contribution in [3.8, 4) is 0 Å². The van der Waals surface area contributed by atoms with Crippen molar-refractivity contribution in [2.75, 3.05) is 0 Å². The third-order valence-corrected chi connectivity index (χ3v) is 5.15. The zero-order valence-electron chi connectivity index (χ0n) is 13.4. The number of aromatic nitrogens is 1. The second kappa shape index (κ2) is 6.47. The lowest BCUT2D eigenvalue weighted by atomic mass is 9.62. The molecule has 7 nitrogen and oxygen atoms in total. The first kappa shape index (κ1) is 16.2. The first-order valence-electron chi connectivity index (χ1n) is 7.86. The molecule has 1 amide bonds. The molecular weight excluding hydrogens is 308 g/mol. The van der Waals surface area contributed by atoms with Crippen LogP contribution in [0.25, 0.3) is 0 Å². The van der Waals surface area contributed by atoms with Crippen LogP contribution in [0.2, 0.25) is 0 Å². The fourth-order valence-corrected chi connectivity index (χ4v) is 3.86. The van der Waals surface area contributed by atoms with Gasteiger partial charge in [-0.15, -0.1) is 0 Å². The summed E-state index contributed by atoms with van der Waals surface area (Å²) in [6.07, 6.45) is 6.30. The number of hydrogen-bond acceptors (Lipinski definition) is 5. The lowest BCUT2D eigenvalue weighted by Gasteiger charge is -2.44. The Balaban J connectivity index is 2.07. The third-order valence-electron chi connectivity index (χ3n) is 5.15. The van der Waals surface area contributed by atoms with Gasteiger partial charge in [-0.05, 0) is 44.0 Å². The number of nitrogens with zero attached hydrogens (tertiary/aromatic N) is 1. The standard InChI is InChI=1S/C17H20N4O3/c1-17(20-10-22)12(15-5-3-7-24-15)8-11(14-4-2-6-19-14)9-13(17)16(23)21-18/h2-7,11-13,19H,8-9,18H2,1H3,(H,21,23). The Hall–Kier alpha value is -2.63. The molecule has 4 unspecified atom stereocenters. The van der Waals surface area contributed by atoms with Gasteiger partial charge in [0.05, 0.1) is 17.7 Å². The number of carbonyl (C=O) groups is 1. The van der Waals surface area contributed by atoms with Crippen molar-refractivity contribution in [3.05, 3.63) is 48.2 Å². The highest BCUT2D eigenvalue weighted by molar-refractivity contribution is 5.80. The number of nitrogens with two attached hydrogens (primary N) is 1. The van der Waals surface area contributed by atoms with Crippen LogP contribution in [0.15, 0.2) is 46.1 Å². The van der Waals surface area contributed by atoms with Crippen molar-refractivity contribution in [2.45, 2.75) is 37.1 Å². The van der Waals surface area contributed by atoms with Crippen molar-refractivity contribution < 1.29 is 14.0 Å². The quantitative estimate of drug-likeness (QED) is 0.262. The van der Waals surface area contributed by atoms with E-state index in [2.05, 4.69) is 15.4 Å². The fourth-order valence-electron chi connectivity index (χ4n) is 3.86. The van der Waals surface area contributed by atoms with E-state index in [1.807, 2.05) is 24.4 Å². The molecule has 4 N–H and O–H groups in total. The topological polar surface area (TPSA) is 113 Å². The molecule has 0 saturated heterocycles. The van der Waals surface area contributed by atoms with Gasteiger partial charge in [0.2, 0.25) is 12.0 Å². The van der Waals surface area contributed by atoms with Gasteiger partial charge in [-0.25, -0.2) is 10.6 Å². The number of isocyanates is 1. The smallest absolute Gasteiger partial charge is 0.239 e. The minimum Gasteiger partial charge on any atom is -0.469 e. The summed E-state index contributed by atoms with van der Waals surface area (Å²) in [7, 11) is 0. The minimum absolute atomic E-state index is 0.104. The number of rotatable bonds is 4. The van der Waals surface area contributed by atoms with Crippen LogP contribution in [0.1, 0.15) is 43.1 Å². The van der Waals surface area contributed by atoms with Gasteiger partial charge < -0.3 is 9.40 Å². The highest BCUT2D eigenvalue weighted by atomic mass is 16.3. The summed E-state index contributed by atoms with van der Waals surface area (Å²) in [4.78, 5) is 30.7. The second-order valence-corrected chi connectivity index (χ2v) is 6.35. The van der Waals surface area contributed by atoms with Crippen LogP contribution in [0, 0.1) is 5.92 Å². The Kier molecular flexibility index (Phi) is 4.38. The van der Waals surface area contributed by atoms with Gasteiger partial charge in [0.1, 0.15) is 5.76 Å². The Morgan fingerprint density at radius 2 is 2.29 bits per heavy atom. The van der Waals surface area contributed by atoms with Gasteiger partial charge in [-0.1, -0.05) is 0 Å². The molecule has 1 fully saturated rings. The second-order valence-electron chi connectivity index (χ2n) is 6.35. The number of nitrogens with one attached hydrogen (secondary N) is 2. The van der Waals surface area contributed by atoms with Crippen molar-refractivity contribution >= 4 is 12.0 Å². The van der Waals surface area contributed by atoms with E-state index in [9.17, 15) is 9.59 Å². The average molecular weight is 328 g/mol. The average Bonchev–Trinajstić information content (AvgIpc) is 3.28. The molecule has 1 saturated carbocycles. The SMILES string of the molecule is CC1(N=C=O)C(C(=O)NN)CC(c2ccc[nH]2)CC1c1ccco1. The molecule has 126 valence electrons. The Labute approximate surface area is 139 Å². The lowest BCUT2D eigenvalue weighted by molar-refractivity contribution is -0.129. The van der Waals surface area contributed by atoms with E-state index in [0.29, 0.717) is 18.6 Å². The number of furan rings is 1. The van der Waals surface area contributed by atoms with E-state index in [4.69, 9.17) is 10.3 Å². The number of carbonyl (C=O) groups excluding carboxylic acids is 2. The van der Waals surface area contributed by atoms with Crippen LogP contribution in [0.3, 0.4) is 0 Å².